The van der Waals surface area contributed by atoms with Gasteiger partial charge in [0.2, 0.25) is 11.9 Å². The predicted octanol–water partition coefficient (Wildman–Crippen LogP) is 2.82. The summed E-state index contributed by atoms with van der Waals surface area (Å²) in [5.74, 6) is 0.462. The van der Waals surface area contributed by atoms with Gasteiger partial charge in [-0.2, -0.15) is 0 Å². The van der Waals surface area contributed by atoms with E-state index in [4.69, 9.17) is 4.74 Å². The summed E-state index contributed by atoms with van der Waals surface area (Å²) in [6.07, 6.45) is 2.87. The van der Waals surface area contributed by atoms with Crippen LogP contribution in [0.15, 0.2) is 30.5 Å². The van der Waals surface area contributed by atoms with E-state index in [1.54, 1.807) is 6.92 Å². The molecule has 2 fully saturated rings. The number of hydrogen-bond acceptors (Lipinski definition) is 5. The Balaban J connectivity index is 1.49. The highest BCUT2D eigenvalue weighted by Gasteiger charge is 2.23. The van der Waals surface area contributed by atoms with Crippen molar-refractivity contribution in [3.05, 3.63) is 41.8 Å². The van der Waals surface area contributed by atoms with Crippen LogP contribution in [0.25, 0.3) is 11.3 Å². The molecule has 2 saturated heterocycles. The van der Waals surface area contributed by atoms with E-state index in [-0.39, 0.29) is 11.9 Å². The summed E-state index contributed by atoms with van der Waals surface area (Å²) >= 11 is 0. The van der Waals surface area contributed by atoms with Crippen LogP contribution < -0.4 is 5.32 Å². The monoisotopic (exact) mass is 370 g/mol. The summed E-state index contributed by atoms with van der Waals surface area (Å²) < 4.78 is 19.6. The minimum Gasteiger partial charge on any atom is -0.380 e. The summed E-state index contributed by atoms with van der Waals surface area (Å²) in [6, 6.07) is 7.99. The fraction of sp³-hybridized carbons (Fsp3) is 0.450. The van der Waals surface area contributed by atoms with E-state index >= 15 is 0 Å². The Morgan fingerprint density at radius 1 is 1.30 bits per heavy atom. The zero-order valence-electron chi connectivity index (χ0n) is 15.3. The number of halogens is 1. The van der Waals surface area contributed by atoms with E-state index in [0.29, 0.717) is 43.9 Å². The first-order valence-electron chi connectivity index (χ1n) is 9.33. The topological polar surface area (TPSA) is 67.4 Å². The number of benzene rings is 1. The average Bonchev–Trinajstić information content (AvgIpc) is 2.62. The number of likely N-dealkylation sites (tertiary alicyclic amines) is 1. The maximum Gasteiger partial charge on any atom is 0.223 e. The van der Waals surface area contributed by atoms with Gasteiger partial charge >= 0.3 is 0 Å². The van der Waals surface area contributed by atoms with Crippen LogP contribution in [0.5, 0.6) is 0 Å². The highest BCUT2D eigenvalue weighted by atomic mass is 19.1. The fourth-order valence-electron chi connectivity index (χ4n) is 3.53. The largest absolute Gasteiger partial charge is 0.380 e. The van der Waals surface area contributed by atoms with Crippen LogP contribution in [0, 0.1) is 5.82 Å². The minimum atomic E-state index is -0.436. The van der Waals surface area contributed by atoms with Gasteiger partial charge in [-0.05, 0) is 24.5 Å². The first-order chi connectivity index (χ1) is 13.1. The number of piperidine rings is 1. The molecule has 2 aliphatic rings. The second-order valence-electron chi connectivity index (χ2n) is 7.17. The van der Waals surface area contributed by atoms with Crippen LogP contribution in [0.3, 0.4) is 0 Å². The van der Waals surface area contributed by atoms with Crippen LogP contribution in [0.1, 0.15) is 31.2 Å². The third-order valence-electron chi connectivity index (χ3n) is 5.29. The van der Waals surface area contributed by atoms with Crippen LogP contribution in [-0.4, -0.2) is 53.1 Å². The fourth-order valence-corrected chi connectivity index (χ4v) is 3.53. The van der Waals surface area contributed by atoms with Gasteiger partial charge in [0.05, 0.1) is 19.4 Å². The molecule has 27 heavy (non-hydrogen) atoms. The molecular weight excluding hydrogens is 347 g/mol. The lowest BCUT2D eigenvalue weighted by molar-refractivity contribution is -0.129. The number of aromatic nitrogens is 2. The molecule has 142 valence electrons. The summed E-state index contributed by atoms with van der Waals surface area (Å²) in [4.78, 5) is 21.8. The van der Waals surface area contributed by atoms with Crippen LogP contribution in [-0.2, 0) is 9.53 Å². The van der Waals surface area contributed by atoms with E-state index < -0.39 is 5.82 Å². The highest BCUT2D eigenvalue weighted by molar-refractivity contribution is 5.73. The molecule has 0 unspecified atom stereocenters. The number of carbonyl (C=O) groups is 1. The van der Waals surface area contributed by atoms with Gasteiger partial charge in [0.15, 0.2) is 5.82 Å². The first-order valence-corrected chi connectivity index (χ1v) is 9.33. The van der Waals surface area contributed by atoms with Gasteiger partial charge in [-0.25, -0.2) is 14.4 Å². The van der Waals surface area contributed by atoms with Crippen molar-refractivity contribution in [1.82, 2.24) is 14.9 Å². The van der Waals surface area contributed by atoms with Gasteiger partial charge in [0.1, 0.15) is 5.69 Å². The Kier molecular flexibility index (Phi) is 5.03. The molecule has 1 amide bonds. The van der Waals surface area contributed by atoms with Gasteiger partial charge in [-0.3, -0.25) is 4.79 Å². The lowest BCUT2D eigenvalue weighted by Crippen LogP contribution is -2.41. The number of nitrogens with one attached hydrogen (secondary N) is 1. The van der Waals surface area contributed by atoms with Gasteiger partial charge in [0.25, 0.3) is 0 Å². The van der Waals surface area contributed by atoms with Crippen molar-refractivity contribution in [2.45, 2.75) is 31.7 Å². The second-order valence-corrected chi connectivity index (χ2v) is 7.17. The molecule has 2 aliphatic heterocycles. The standard InChI is InChI=1S/C20H23FN4O2/c1-13(26)25-7-5-17(6-8-25)23-20-22-10-18(21)19(24-20)15-4-2-3-14(9-15)16-11-27-12-16/h2-4,9-10,16-17H,5-8,11-12H2,1H3,(H,22,23,24). The van der Waals surface area contributed by atoms with Crippen molar-refractivity contribution in [2.75, 3.05) is 31.6 Å². The minimum absolute atomic E-state index is 0.102. The summed E-state index contributed by atoms with van der Waals surface area (Å²) in [7, 11) is 0. The van der Waals surface area contributed by atoms with E-state index in [1.807, 2.05) is 29.2 Å². The van der Waals surface area contributed by atoms with Crippen molar-refractivity contribution < 1.29 is 13.9 Å². The van der Waals surface area contributed by atoms with E-state index in [1.165, 1.54) is 6.20 Å². The Bertz CT molecular complexity index is 832. The molecule has 0 spiro atoms. The molecular formula is C20H23FN4O2. The zero-order chi connectivity index (χ0) is 18.8. The van der Waals surface area contributed by atoms with Gasteiger partial charge in [0, 0.05) is 37.5 Å². The number of carbonyl (C=O) groups excluding carboxylic acids is 1. The van der Waals surface area contributed by atoms with E-state index in [9.17, 15) is 9.18 Å². The molecule has 0 saturated carbocycles. The Labute approximate surface area is 157 Å². The molecule has 0 radical (unpaired) electrons. The quantitative estimate of drug-likeness (QED) is 0.896. The van der Waals surface area contributed by atoms with Crippen LogP contribution in [0.2, 0.25) is 0 Å². The molecule has 6 nitrogen and oxygen atoms in total. The van der Waals surface area contributed by atoms with Crippen molar-refractivity contribution in [3.63, 3.8) is 0 Å². The number of hydrogen-bond donors (Lipinski definition) is 1. The Hall–Kier alpha value is -2.54. The normalized spacial score (nSPS) is 18.2. The van der Waals surface area contributed by atoms with E-state index in [0.717, 1.165) is 24.0 Å². The second kappa shape index (κ2) is 7.60. The van der Waals surface area contributed by atoms with Gasteiger partial charge in [-0.1, -0.05) is 18.2 Å². The zero-order valence-corrected chi connectivity index (χ0v) is 15.3. The molecule has 3 heterocycles. The lowest BCUT2D eigenvalue weighted by atomic mass is 9.95. The number of amides is 1. The van der Waals surface area contributed by atoms with Crippen molar-refractivity contribution in [3.8, 4) is 11.3 Å². The molecule has 1 aromatic carbocycles. The van der Waals surface area contributed by atoms with Crippen molar-refractivity contribution in [2.24, 2.45) is 0 Å². The smallest absolute Gasteiger partial charge is 0.223 e. The van der Waals surface area contributed by atoms with Crippen molar-refractivity contribution >= 4 is 11.9 Å². The third kappa shape index (κ3) is 3.93. The van der Waals surface area contributed by atoms with Gasteiger partial charge in [-0.15, -0.1) is 0 Å². The SMILES string of the molecule is CC(=O)N1CCC(Nc2ncc(F)c(-c3cccc(C4COC4)c3)n2)CC1. The summed E-state index contributed by atoms with van der Waals surface area (Å²) in [5.41, 5.74) is 2.19. The molecule has 1 N–H and O–H groups in total. The molecule has 2 aromatic rings. The number of anilines is 1. The van der Waals surface area contributed by atoms with Crippen molar-refractivity contribution in [1.29, 1.82) is 0 Å². The Morgan fingerprint density at radius 3 is 2.74 bits per heavy atom. The van der Waals surface area contributed by atoms with Crippen LogP contribution in [0.4, 0.5) is 10.3 Å². The van der Waals surface area contributed by atoms with Gasteiger partial charge < -0.3 is 15.0 Å². The maximum absolute atomic E-state index is 14.4. The number of rotatable bonds is 4. The molecule has 0 bridgehead atoms. The molecule has 4 rings (SSSR count). The first kappa shape index (κ1) is 17.9. The Morgan fingerprint density at radius 2 is 2.07 bits per heavy atom. The molecule has 0 aliphatic carbocycles. The maximum atomic E-state index is 14.4. The number of nitrogens with zero attached hydrogens (tertiary/aromatic N) is 3. The van der Waals surface area contributed by atoms with E-state index in [2.05, 4.69) is 15.3 Å². The number of ether oxygens (including phenoxy) is 1. The molecule has 0 atom stereocenters. The summed E-state index contributed by atoms with van der Waals surface area (Å²) in [6.45, 7) is 4.44. The lowest BCUT2D eigenvalue weighted by Gasteiger charge is -2.31. The average molecular weight is 370 g/mol. The summed E-state index contributed by atoms with van der Waals surface area (Å²) in [5, 5.41) is 3.29. The molecule has 7 heteroatoms. The predicted molar refractivity (Wildman–Crippen MR) is 99.9 cm³/mol. The van der Waals surface area contributed by atoms with Crippen LogP contribution >= 0.6 is 0 Å². The molecule has 1 aromatic heterocycles. The third-order valence-corrected chi connectivity index (χ3v) is 5.29. The highest BCUT2D eigenvalue weighted by Crippen LogP contribution is 2.29.